The third kappa shape index (κ3) is 2.35. The maximum atomic E-state index is 4.96. The van der Waals surface area contributed by atoms with Crippen LogP contribution in [-0.4, -0.2) is 11.0 Å². The van der Waals surface area contributed by atoms with E-state index in [9.17, 15) is 0 Å². The van der Waals surface area contributed by atoms with Crippen molar-refractivity contribution in [3.05, 3.63) is 15.6 Å². The Morgan fingerprint density at radius 2 is 2.00 bits per heavy atom. The number of hydrogen-bond donors (Lipinski definition) is 1. The highest BCUT2D eigenvalue weighted by Gasteiger charge is 2.38. The van der Waals surface area contributed by atoms with Crippen molar-refractivity contribution in [2.24, 2.45) is 5.92 Å². The largest absolute Gasteiger partial charge is 0.303 e. The summed E-state index contributed by atoms with van der Waals surface area (Å²) >= 11 is 1.95. The van der Waals surface area contributed by atoms with Crippen molar-refractivity contribution in [1.82, 2.24) is 10.3 Å². The molecule has 0 saturated carbocycles. The van der Waals surface area contributed by atoms with Crippen LogP contribution in [0.2, 0.25) is 0 Å². The molecule has 2 rings (SSSR count). The number of nitrogens with one attached hydrogen (secondary N) is 1. The van der Waals surface area contributed by atoms with Crippen LogP contribution in [0.25, 0.3) is 0 Å². The SMILES string of the molecule is CCC(NC(C)C)(c1nc2c(s1)CCC2)C(C)C. The number of nitrogens with zero attached hydrogens (tertiary/aromatic N) is 1. The van der Waals surface area contributed by atoms with E-state index in [1.807, 2.05) is 11.3 Å². The molecule has 0 radical (unpaired) electrons. The standard InChI is InChI=1S/C15H26N2S/c1-6-15(10(2)3,17-11(4)5)14-16-12-8-7-9-13(12)18-14/h10-11,17H,6-9H2,1-5H3. The second kappa shape index (κ2) is 5.30. The molecule has 1 aromatic heterocycles. The quantitative estimate of drug-likeness (QED) is 0.874. The third-order valence-electron chi connectivity index (χ3n) is 4.07. The van der Waals surface area contributed by atoms with Crippen LogP contribution in [0.3, 0.4) is 0 Å². The molecule has 0 amide bonds. The molecular weight excluding hydrogens is 240 g/mol. The highest BCUT2D eigenvalue weighted by atomic mass is 32.1. The topological polar surface area (TPSA) is 24.9 Å². The highest BCUT2D eigenvalue weighted by molar-refractivity contribution is 7.12. The predicted molar refractivity (Wildman–Crippen MR) is 79.2 cm³/mol. The van der Waals surface area contributed by atoms with Gasteiger partial charge in [-0.25, -0.2) is 4.98 Å². The van der Waals surface area contributed by atoms with Crippen molar-refractivity contribution in [2.45, 2.75) is 71.9 Å². The first kappa shape index (κ1) is 14.0. The van der Waals surface area contributed by atoms with Crippen LogP contribution in [0.15, 0.2) is 0 Å². The van der Waals surface area contributed by atoms with E-state index in [0.717, 1.165) is 6.42 Å². The summed E-state index contributed by atoms with van der Waals surface area (Å²) in [7, 11) is 0. The van der Waals surface area contributed by atoms with Crippen molar-refractivity contribution < 1.29 is 0 Å². The molecule has 1 aliphatic carbocycles. The van der Waals surface area contributed by atoms with Gasteiger partial charge in [0.1, 0.15) is 5.01 Å². The second-order valence-corrected chi connectivity index (χ2v) is 7.10. The molecule has 1 N–H and O–H groups in total. The van der Waals surface area contributed by atoms with Crippen molar-refractivity contribution >= 4 is 11.3 Å². The Kier molecular flexibility index (Phi) is 4.12. The molecule has 102 valence electrons. The Bertz CT molecular complexity index is 387. The Morgan fingerprint density at radius 1 is 1.28 bits per heavy atom. The molecule has 2 nitrogen and oxygen atoms in total. The van der Waals surface area contributed by atoms with Gasteiger partial charge in [0.05, 0.1) is 11.2 Å². The van der Waals surface area contributed by atoms with Gasteiger partial charge in [0.15, 0.2) is 0 Å². The summed E-state index contributed by atoms with van der Waals surface area (Å²) in [5.41, 5.74) is 1.43. The lowest BCUT2D eigenvalue weighted by Gasteiger charge is -2.38. The molecule has 0 fully saturated rings. The van der Waals surface area contributed by atoms with E-state index in [0.29, 0.717) is 12.0 Å². The van der Waals surface area contributed by atoms with Gasteiger partial charge in [0.2, 0.25) is 0 Å². The van der Waals surface area contributed by atoms with Crippen molar-refractivity contribution in [3.8, 4) is 0 Å². The fraction of sp³-hybridized carbons (Fsp3) is 0.800. The van der Waals surface area contributed by atoms with Crippen LogP contribution >= 0.6 is 11.3 Å². The number of rotatable bonds is 5. The Balaban J connectivity index is 2.38. The minimum Gasteiger partial charge on any atom is -0.303 e. The average Bonchev–Trinajstić information content (AvgIpc) is 2.85. The summed E-state index contributed by atoms with van der Waals surface area (Å²) in [6.45, 7) is 11.4. The molecule has 3 heteroatoms. The third-order valence-corrected chi connectivity index (χ3v) is 5.40. The van der Waals surface area contributed by atoms with Crippen LogP contribution in [0.1, 0.15) is 63.0 Å². The highest BCUT2D eigenvalue weighted by Crippen LogP contribution is 2.39. The first-order chi connectivity index (χ1) is 8.49. The zero-order valence-corrected chi connectivity index (χ0v) is 13.2. The van der Waals surface area contributed by atoms with E-state index in [2.05, 4.69) is 39.9 Å². The molecule has 18 heavy (non-hydrogen) atoms. The van der Waals surface area contributed by atoms with E-state index >= 15 is 0 Å². The van der Waals surface area contributed by atoms with Crippen molar-refractivity contribution in [1.29, 1.82) is 0 Å². The van der Waals surface area contributed by atoms with Gasteiger partial charge in [-0.05, 0) is 45.4 Å². The van der Waals surface area contributed by atoms with Crippen molar-refractivity contribution in [2.75, 3.05) is 0 Å². The monoisotopic (exact) mass is 266 g/mol. The van der Waals surface area contributed by atoms with Crippen LogP contribution in [0.4, 0.5) is 0 Å². The molecule has 0 bridgehead atoms. The van der Waals surface area contributed by atoms with Crippen LogP contribution in [-0.2, 0) is 18.4 Å². The van der Waals surface area contributed by atoms with Gasteiger partial charge in [0.25, 0.3) is 0 Å². The normalized spacial score (nSPS) is 18.4. The first-order valence-electron chi connectivity index (χ1n) is 7.26. The zero-order valence-electron chi connectivity index (χ0n) is 12.3. The van der Waals surface area contributed by atoms with E-state index in [1.54, 1.807) is 0 Å². The number of fused-ring (bicyclic) bond motifs is 1. The molecule has 0 aromatic carbocycles. The average molecular weight is 266 g/mol. The van der Waals surface area contributed by atoms with E-state index < -0.39 is 0 Å². The lowest BCUT2D eigenvalue weighted by molar-refractivity contribution is 0.210. The number of aryl methyl sites for hydroxylation is 2. The summed E-state index contributed by atoms with van der Waals surface area (Å²) < 4.78 is 0. The van der Waals surface area contributed by atoms with Crippen molar-refractivity contribution in [3.63, 3.8) is 0 Å². The minimum absolute atomic E-state index is 0.0587. The molecule has 1 heterocycles. The maximum Gasteiger partial charge on any atom is 0.114 e. The zero-order chi connectivity index (χ0) is 13.3. The summed E-state index contributed by atoms with van der Waals surface area (Å²) in [5, 5.41) is 5.11. The first-order valence-corrected chi connectivity index (χ1v) is 8.08. The summed E-state index contributed by atoms with van der Waals surface area (Å²) in [6.07, 6.45) is 4.83. The van der Waals surface area contributed by atoms with Crippen LogP contribution in [0, 0.1) is 5.92 Å². The molecule has 1 aliphatic rings. The van der Waals surface area contributed by atoms with Gasteiger partial charge in [0, 0.05) is 10.9 Å². The maximum absolute atomic E-state index is 4.96. The van der Waals surface area contributed by atoms with Crippen LogP contribution < -0.4 is 5.32 Å². The fourth-order valence-corrected chi connectivity index (χ4v) is 4.56. The number of hydrogen-bond acceptors (Lipinski definition) is 3. The molecule has 1 aromatic rings. The van der Waals surface area contributed by atoms with Gasteiger partial charge in [-0.1, -0.05) is 20.8 Å². The molecule has 0 aliphatic heterocycles. The summed E-state index contributed by atoms with van der Waals surface area (Å²) in [6, 6.07) is 0.492. The fourth-order valence-electron chi connectivity index (χ4n) is 3.03. The Morgan fingerprint density at radius 3 is 2.50 bits per heavy atom. The molecule has 0 saturated heterocycles. The Labute approximate surface area is 115 Å². The molecular formula is C15H26N2S. The van der Waals surface area contributed by atoms with Gasteiger partial charge in [-0.15, -0.1) is 11.3 Å². The Hall–Kier alpha value is -0.410. The van der Waals surface area contributed by atoms with Crippen LogP contribution in [0.5, 0.6) is 0 Å². The van der Waals surface area contributed by atoms with E-state index in [1.165, 1.54) is 34.8 Å². The van der Waals surface area contributed by atoms with Gasteiger partial charge >= 0.3 is 0 Å². The number of aromatic nitrogens is 1. The predicted octanol–water partition coefficient (Wildman–Crippen LogP) is 3.89. The van der Waals surface area contributed by atoms with Gasteiger partial charge in [-0.3, -0.25) is 0 Å². The van der Waals surface area contributed by atoms with E-state index in [-0.39, 0.29) is 5.54 Å². The smallest absolute Gasteiger partial charge is 0.114 e. The lowest BCUT2D eigenvalue weighted by Crippen LogP contribution is -2.49. The second-order valence-electron chi connectivity index (χ2n) is 6.02. The van der Waals surface area contributed by atoms with Gasteiger partial charge in [-0.2, -0.15) is 0 Å². The summed E-state index contributed by atoms with van der Waals surface area (Å²) in [5.74, 6) is 0.566. The number of thiazole rings is 1. The molecule has 1 atom stereocenters. The van der Waals surface area contributed by atoms with E-state index in [4.69, 9.17) is 4.98 Å². The lowest BCUT2D eigenvalue weighted by atomic mass is 9.83. The molecule has 0 spiro atoms. The summed E-state index contributed by atoms with van der Waals surface area (Å²) in [4.78, 5) is 6.50. The molecule has 1 unspecified atom stereocenters. The van der Waals surface area contributed by atoms with Gasteiger partial charge < -0.3 is 5.32 Å². The minimum atomic E-state index is 0.0587.